The molecule has 0 saturated heterocycles. The third kappa shape index (κ3) is 3.14. The van der Waals surface area contributed by atoms with Gasteiger partial charge >= 0.3 is 0 Å². The number of hydrogen-bond donors (Lipinski definition) is 1. The van der Waals surface area contributed by atoms with Crippen LogP contribution in [0.2, 0.25) is 5.02 Å². The molecule has 2 nitrogen and oxygen atoms in total. The predicted molar refractivity (Wildman–Crippen MR) is 69.1 cm³/mol. The maximum Gasteiger partial charge on any atom is 0.142 e. The zero-order valence-electron chi connectivity index (χ0n) is 9.21. The fourth-order valence-corrected chi connectivity index (χ4v) is 1.66. The Bertz CT molecular complexity index is 398. The lowest BCUT2D eigenvalue weighted by molar-refractivity contribution is 0.304. The van der Waals surface area contributed by atoms with Crippen molar-refractivity contribution in [2.75, 3.05) is 7.05 Å². The topological polar surface area (TPSA) is 29.3 Å². The Hall–Kier alpha value is -0.710. The van der Waals surface area contributed by atoms with Crippen LogP contribution in [0.25, 0.3) is 0 Å². The number of benzene rings is 1. The molecule has 0 amide bonds. The number of thiocarbonyl (C=S) groups is 1. The van der Waals surface area contributed by atoms with Gasteiger partial charge < -0.3 is 5.73 Å². The molecule has 88 valence electrons. The molecule has 0 aliphatic carbocycles. The summed E-state index contributed by atoms with van der Waals surface area (Å²) < 4.78 is 13.2. The summed E-state index contributed by atoms with van der Waals surface area (Å²) >= 11 is 10.8. The zero-order valence-corrected chi connectivity index (χ0v) is 10.8. The van der Waals surface area contributed by atoms with Crippen LogP contribution in [0.3, 0.4) is 0 Å². The Morgan fingerprint density at radius 2 is 2.25 bits per heavy atom. The molecule has 1 aromatic carbocycles. The van der Waals surface area contributed by atoms with E-state index in [-0.39, 0.29) is 11.1 Å². The van der Waals surface area contributed by atoms with E-state index in [0.717, 1.165) is 5.56 Å². The highest BCUT2D eigenvalue weighted by molar-refractivity contribution is 7.80. The van der Waals surface area contributed by atoms with E-state index in [1.165, 1.54) is 6.07 Å². The van der Waals surface area contributed by atoms with Crippen LogP contribution in [-0.4, -0.2) is 23.0 Å². The van der Waals surface area contributed by atoms with E-state index >= 15 is 0 Å². The van der Waals surface area contributed by atoms with Crippen molar-refractivity contribution >= 4 is 28.8 Å². The first kappa shape index (κ1) is 13.4. The summed E-state index contributed by atoms with van der Waals surface area (Å²) in [5.74, 6) is -0.407. The molecule has 1 aromatic rings. The molecule has 2 N–H and O–H groups in total. The van der Waals surface area contributed by atoms with E-state index < -0.39 is 5.82 Å². The second kappa shape index (κ2) is 5.57. The van der Waals surface area contributed by atoms with Crippen molar-refractivity contribution in [1.82, 2.24) is 4.90 Å². The normalized spacial score (nSPS) is 12.8. The Balaban J connectivity index is 2.81. The Labute approximate surface area is 105 Å². The van der Waals surface area contributed by atoms with Crippen molar-refractivity contribution in [2.24, 2.45) is 5.73 Å². The molecular formula is C11H14ClFN2S. The van der Waals surface area contributed by atoms with Gasteiger partial charge in [0.05, 0.1) is 16.1 Å². The summed E-state index contributed by atoms with van der Waals surface area (Å²) in [7, 11) is 1.87. The highest BCUT2D eigenvalue weighted by atomic mass is 35.5. The van der Waals surface area contributed by atoms with Crippen molar-refractivity contribution in [3.8, 4) is 0 Å². The SMILES string of the molecule is CC(C(N)=S)N(C)Cc1cccc(F)c1Cl. The Morgan fingerprint density at radius 3 is 2.81 bits per heavy atom. The van der Waals surface area contributed by atoms with Crippen LogP contribution in [0.1, 0.15) is 12.5 Å². The molecule has 0 aliphatic heterocycles. The highest BCUT2D eigenvalue weighted by Crippen LogP contribution is 2.21. The van der Waals surface area contributed by atoms with Crippen molar-refractivity contribution in [2.45, 2.75) is 19.5 Å². The lowest BCUT2D eigenvalue weighted by atomic mass is 10.2. The van der Waals surface area contributed by atoms with E-state index in [2.05, 4.69) is 0 Å². The van der Waals surface area contributed by atoms with Crippen molar-refractivity contribution < 1.29 is 4.39 Å². The molecule has 0 bridgehead atoms. The predicted octanol–water partition coefficient (Wildman–Crippen LogP) is 2.59. The number of hydrogen-bond acceptors (Lipinski definition) is 2. The standard InChI is InChI=1S/C11H14ClFN2S/c1-7(11(14)16)15(2)6-8-4-3-5-9(13)10(8)12/h3-5,7H,6H2,1-2H3,(H2,14,16). The smallest absolute Gasteiger partial charge is 0.142 e. The molecule has 0 heterocycles. The summed E-state index contributed by atoms with van der Waals surface area (Å²) in [4.78, 5) is 2.33. The van der Waals surface area contributed by atoms with Crippen molar-refractivity contribution in [1.29, 1.82) is 0 Å². The Kier molecular flexibility index (Phi) is 4.65. The molecule has 0 fully saturated rings. The van der Waals surface area contributed by atoms with Crippen LogP contribution < -0.4 is 5.73 Å². The average Bonchev–Trinajstić information content (AvgIpc) is 2.23. The molecular weight excluding hydrogens is 247 g/mol. The summed E-state index contributed by atoms with van der Waals surface area (Å²) in [6, 6.07) is 4.71. The first-order valence-corrected chi connectivity index (χ1v) is 5.64. The molecule has 1 rings (SSSR count). The maximum atomic E-state index is 13.2. The van der Waals surface area contributed by atoms with Gasteiger partial charge in [-0.2, -0.15) is 0 Å². The van der Waals surface area contributed by atoms with Gasteiger partial charge in [0.1, 0.15) is 5.82 Å². The molecule has 0 radical (unpaired) electrons. The Morgan fingerprint density at radius 1 is 1.62 bits per heavy atom. The van der Waals surface area contributed by atoms with E-state index in [9.17, 15) is 4.39 Å². The second-order valence-electron chi connectivity index (χ2n) is 3.71. The highest BCUT2D eigenvalue weighted by Gasteiger charge is 2.14. The number of rotatable bonds is 4. The van der Waals surface area contributed by atoms with Crippen LogP contribution in [0.5, 0.6) is 0 Å². The number of nitrogens with two attached hydrogens (primary N) is 1. The molecule has 1 unspecified atom stereocenters. The van der Waals surface area contributed by atoms with Gasteiger partial charge in [-0.1, -0.05) is 36.0 Å². The number of likely N-dealkylation sites (N-methyl/N-ethyl adjacent to an activating group) is 1. The molecule has 0 spiro atoms. The average molecular weight is 261 g/mol. The van der Waals surface area contributed by atoms with Gasteiger partial charge in [0.2, 0.25) is 0 Å². The molecule has 16 heavy (non-hydrogen) atoms. The fourth-order valence-electron chi connectivity index (χ4n) is 1.29. The number of halogens is 2. The monoisotopic (exact) mass is 260 g/mol. The minimum absolute atomic E-state index is 0.0469. The molecule has 5 heteroatoms. The third-order valence-corrected chi connectivity index (χ3v) is 3.29. The largest absolute Gasteiger partial charge is 0.392 e. The first-order valence-electron chi connectivity index (χ1n) is 4.86. The van der Waals surface area contributed by atoms with Gasteiger partial charge in [0.25, 0.3) is 0 Å². The minimum Gasteiger partial charge on any atom is -0.392 e. The van der Waals surface area contributed by atoms with Gasteiger partial charge in [-0.05, 0) is 25.6 Å². The van der Waals surface area contributed by atoms with E-state index in [1.54, 1.807) is 12.1 Å². The summed E-state index contributed by atoms with van der Waals surface area (Å²) in [5.41, 5.74) is 6.27. The molecule has 0 aliphatic rings. The van der Waals surface area contributed by atoms with Crippen LogP contribution in [-0.2, 0) is 6.54 Å². The van der Waals surface area contributed by atoms with Crippen LogP contribution in [0.4, 0.5) is 4.39 Å². The van der Waals surface area contributed by atoms with Gasteiger partial charge in [0.15, 0.2) is 0 Å². The van der Waals surface area contributed by atoms with Crippen molar-refractivity contribution in [3.05, 3.63) is 34.6 Å². The molecule has 0 aromatic heterocycles. The summed E-state index contributed by atoms with van der Waals surface area (Å²) in [5, 5.41) is 0.157. The van der Waals surface area contributed by atoms with Crippen LogP contribution >= 0.6 is 23.8 Å². The van der Waals surface area contributed by atoms with Gasteiger partial charge in [-0.25, -0.2) is 4.39 Å². The van der Waals surface area contributed by atoms with E-state index in [1.807, 2.05) is 18.9 Å². The quantitative estimate of drug-likeness (QED) is 0.844. The summed E-state index contributed by atoms with van der Waals surface area (Å²) in [6.45, 7) is 2.41. The van der Waals surface area contributed by atoms with Gasteiger partial charge in [0, 0.05) is 6.54 Å². The van der Waals surface area contributed by atoms with E-state index in [4.69, 9.17) is 29.6 Å². The van der Waals surface area contributed by atoms with E-state index in [0.29, 0.717) is 11.5 Å². The lowest BCUT2D eigenvalue weighted by Crippen LogP contribution is -2.38. The van der Waals surface area contributed by atoms with Crippen LogP contribution in [0.15, 0.2) is 18.2 Å². The molecule has 1 atom stereocenters. The lowest BCUT2D eigenvalue weighted by Gasteiger charge is -2.24. The summed E-state index contributed by atoms with van der Waals surface area (Å²) in [6.07, 6.45) is 0. The third-order valence-electron chi connectivity index (χ3n) is 2.52. The fraction of sp³-hybridized carbons (Fsp3) is 0.364. The minimum atomic E-state index is -0.407. The van der Waals surface area contributed by atoms with Crippen LogP contribution in [0, 0.1) is 5.82 Å². The van der Waals surface area contributed by atoms with Gasteiger partial charge in [-0.15, -0.1) is 0 Å². The van der Waals surface area contributed by atoms with Crippen molar-refractivity contribution in [3.63, 3.8) is 0 Å². The number of nitrogens with zero attached hydrogens (tertiary/aromatic N) is 1. The second-order valence-corrected chi connectivity index (χ2v) is 4.56. The first-order chi connectivity index (χ1) is 7.43. The molecule has 0 saturated carbocycles. The zero-order chi connectivity index (χ0) is 12.3. The maximum absolute atomic E-state index is 13.2. The van der Waals surface area contributed by atoms with Gasteiger partial charge in [-0.3, -0.25) is 4.90 Å².